The van der Waals surface area contributed by atoms with Crippen molar-refractivity contribution in [3.63, 3.8) is 0 Å². The zero-order valence-electron chi connectivity index (χ0n) is 14.2. The molecule has 25 heavy (non-hydrogen) atoms. The van der Waals surface area contributed by atoms with Gasteiger partial charge in [-0.05, 0) is 49.1 Å². The van der Waals surface area contributed by atoms with E-state index in [4.69, 9.17) is 0 Å². The van der Waals surface area contributed by atoms with E-state index in [1.54, 1.807) is 12.1 Å². The summed E-state index contributed by atoms with van der Waals surface area (Å²) in [6.07, 6.45) is 2.39. The lowest BCUT2D eigenvalue weighted by Gasteiger charge is -2.16. The summed E-state index contributed by atoms with van der Waals surface area (Å²) in [6.45, 7) is 2.31. The van der Waals surface area contributed by atoms with Gasteiger partial charge in [0.25, 0.3) is 0 Å². The highest BCUT2D eigenvalue weighted by molar-refractivity contribution is 7.89. The maximum atomic E-state index is 12.7. The second-order valence-electron chi connectivity index (χ2n) is 6.32. The number of carbonyl (C=O) groups is 1. The fourth-order valence-corrected chi connectivity index (χ4v) is 3.95. The Bertz CT molecular complexity index is 842. The molecule has 1 aliphatic carbocycles. The first-order valence-corrected chi connectivity index (χ1v) is 9.93. The highest BCUT2D eigenvalue weighted by Crippen LogP contribution is 2.48. The molecule has 2 aromatic rings. The lowest BCUT2D eigenvalue weighted by atomic mass is 9.95. The molecule has 6 heteroatoms. The summed E-state index contributed by atoms with van der Waals surface area (Å²) in [7, 11) is -3.49. The minimum absolute atomic E-state index is 0.0431. The molecule has 0 aromatic heterocycles. The molecular weight excluding hydrogens is 336 g/mol. The SMILES string of the molecule is CCCNS(=O)(=O)c1ccc(NC(=O)C2(c3ccccc3)CC2)cc1. The van der Waals surface area contributed by atoms with Crippen LogP contribution in [0.25, 0.3) is 0 Å². The summed E-state index contributed by atoms with van der Waals surface area (Å²) in [5.41, 5.74) is 1.17. The highest BCUT2D eigenvalue weighted by atomic mass is 32.2. The van der Waals surface area contributed by atoms with E-state index in [1.807, 2.05) is 37.3 Å². The van der Waals surface area contributed by atoms with E-state index in [1.165, 1.54) is 12.1 Å². The van der Waals surface area contributed by atoms with Gasteiger partial charge in [-0.3, -0.25) is 4.79 Å². The number of benzene rings is 2. The molecular formula is C19H22N2O3S. The molecule has 3 rings (SSSR count). The van der Waals surface area contributed by atoms with E-state index in [-0.39, 0.29) is 10.8 Å². The quantitative estimate of drug-likeness (QED) is 0.799. The number of hydrogen-bond donors (Lipinski definition) is 2. The van der Waals surface area contributed by atoms with Gasteiger partial charge in [-0.15, -0.1) is 0 Å². The molecule has 0 unspecified atom stereocenters. The van der Waals surface area contributed by atoms with Crippen LogP contribution < -0.4 is 10.0 Å². The van der Waals surface area contributed by atoms with Crippen LogP contribution in [0.4, 0.5) is 5.69 Å². The van der Waals surface area contributed by atoms with E-state index in [9.17, 15) is 13.2 Å². The van der Waals surface area contributed by atoms with Crippen molar-refractivity contribution in [3.05, 3.63) is 60.2 Å². The van der Waals surface area contributed by atoms with Gasteiger partial charge in [0.15, 0.2) is 0 Å². The Hall–Kier alpha value is -2.18. The van der Waals surface area contributed by atoms with Crippen molar-refractivity contribution in [1.29, 1.82) is 0 Å². The third-order valence-corrected chi connectivity index (χ3v) is 5.95. The topological polar surface area (TPSA) is 75.3 Å². The fourth-order valence-electron chi connectivity index (χ4n) is 2.82. The average molecular weight is 358 g/mol. The van der Waals surface area contributed by atoms with E-state index < -0.39 is 15.4 Å². The first-order valence-electron chi connectivity index (χ1n) is 8.45. The first kappa shape index (κ1) is 17.6. The second-order valence-corrected chi connectivity index (χ2v) is 8.09. The molecule has 1 aliphatic rings. The molecule has 2 aromatic carbocycles. The fraction of sp³-hybridized carbons (Fsp3) is 0.316. The molecule has 0 heterocycles. The van der Waals surface area contributed by atoms with Gasteiger partial charge in [-0.25, -0.2) is 13.1 Å². The van der Waals surface area contributed by atoms with Crippen molar-refractivity contribution >= 4 is 21.6 Å². The van der Waals surface area contributed by atoms with Gasteiger partial charge in [0.2, 0.25) is 15.9 Å². The van der Waals surface area contributed by atoms with Crippen LogP contribution >= 0.6 is 0 Å². The number of hydrogen-bond acceptors (Lipinski definition) is 3. The van der Waals surface area contributed by atoms with Gasteiger partial charge in [-0.2, -0.15) is 0 Å². The van der Waals surface area contributed by atoms with Crippen LogP contribution in [-0.2, 0) is 20.2 Å². The maximum Gasteiger partial charge on any atom is 0.240 e. The van der Waals surface area contributed by atoms with Crippen LogP contribution in [0.1, 0.15) is 31.7 Å². The van der Waals surface area contributed by atoms with Crippen LogP contribution in [-0.4, -0.2) is 20.9 Å². The van der Waals surface area contributed by atoms with Gasteiger partial charge < -0.3 is 5.32 Å². The van der Waals surface area contributed by atoms with E-state index in [0.717, 1.165) is 24.8 Å². The minimum Gasteiger partial charge on any atom is -0.325 e. The largest absolute Gasteiger partial charge is 0.325 e. The number of amides is 1. The van der Waals surface area contributed by atoms with Crippen molar-refractivity contribution in [2.45, 2.75) is 36.5 Å². The predicted molar refractivity (Wildman–Crippen MR) is 97.9 cm³/mol. The Morgan fingerprint density at radius 3 is 2.24 bits per heavy atom. The molecule has 0 atom stereocenters. The summed E-state index contributed by atoms with van der Waals surface area (Å²) in [5, 5.41) is 2.91. The van der Waals surface area contributed by atoms with Gasteiger partial charge >= 0.3 is 0 Å². The number of nitrogens with one attached hydrogen (secondary N) is 2. The molecule has 5 nitrogen and oxygen atoms in total. The summed E-state index contributed by atoms with van der Waals surface area (Å²) >= 11 is 0. The summed E-state index contributed by atoms with van der Waals surface area (Å²) in [5.74, 6) is -0.0431. The molecule has 2 N–H and O–H groups in total. The maximum absolute atomic E-state index is 12.7. The number of sulfonamides is 1. The normalized spacial score (nSPS) is 15.6. The Labute approximate surface area is 148 Å². The standard InChI is InChI=1S/C19H22N2O3S/c1-2-14-20-25(23,24)17-10-8-16(9-11-17)21-18(22)19(12-13-19)15-6-4-3-5-7-15/h3-11,20H,2,12-14H2,1H3,(H,21,22). The van der Waals surface area contributed by atoms with Crippen LogP contribution in [0.2, 0.25) is 0 Å². The van der Waals surface area contributed by atoms with Crippen LogP contribution in [0.15, 0.2) is 59.5 Å². The molecule has 1 fully saturated rings. The number of anilines is 1. The number of rotatable bonds is 7. The number of carbonyl (C=O) groups excluding carboxylic acids is 1. The first-order chi connectivity index (χ1) is 12.0. The van der Waals surface area contributed by atoms with Crippen LogP contribution in [0, 0.1) is 0 Å². The van der Waals surface area contributed by atoms with Gasteiger partial charge in [0, 0.05) is 12.2 Å². The molecule has 0 radical (unpaired) electrons. The van der Waals surface area contributed by atoms with Gasteiger partial charge in [0.1, 0.15) is 0 Å². The second kappa shape index (κ2) is 6.98. The Morgan fingerprint density at radius 2 is 1.68 bits per heavy atom. The third-order valence-electron chi connectivity index (χ3n) is 4.48. The molecule has 1 amide bonds. The minimum atomic E-state index is -3.49. The average Bonchev–Trinajstić information content (AvgIpc) is 3.43. The lowest BCUT2D eigenvalue weighted by Crippen LogP contribution is -2.28. The Kier molecular flexibility index (Phi) is 4.92. The van der Waals surface area contributed by atoms with Crippen molar-refractivity contribution < 1.29 is 13.2 Å². The van der Waals surface area contributed by atoms with Gasteiger partial charge in [-0.1, -0.05) is 37.3 Å². The van der Waals surface area contributed by atoms with E-state index in [2.05, 4.69) is 10.0 Å². The summed E-state index contributed by atoms with van der Waals surface area (Å²) in [6, 6.07) is 16.0. The van der Waals surface area contributed by atoms with Crippen molar-refractivity contribution in [1.82, 2.24) is 4.72 Å². The lowest BCUT2D eigenvalue weighted by molar-refractivity contribution is -0.118. The zero-order chi connectivity index (χ0) is 17.9. The molecule has 0 saturated heterocycles. The molecule has 0 aliphatic heterocycles. The molecule has 0 spiro atoms. The van der Waals surface area contributed by atoms with Crippen LogP contribution in [0.3, 0.4) is 0 Å². The summed E-state index contributed by atoms with van der Waals surface area (Å²) in [4.78, 5) is 12.9. The highest BCUT2D eigenvalue weighted by Gasteiger charge is 2.51. The third kappa shape index (κ3) is 3.75. The van der Waals surface area contributed by atoms with Crippen molar-refractivity contribution in [2.24, 2.45) is 0 Å². The van der Waals surface area contributed by atoms with Crippen LogP contribution in [0.5, 0.6) is 0 Å². The molecule has 1 saturated carbocycles. The Morgan fingerprint density at radius 1 is 1.04 bits per heavy atom. The zero-order valence-corrected chi connectivity index (χ0v) is 15.0. The van der Waals surface area contributed by atoms with Gasteiger partial charge in [0.05, 0.1) is 10.3 Å². The smallest absolute Gasteiger partial charge is 0.240 e. The van der Waals surface area contributed by atoms with E-state index >= 15 is 0 Å². The molecule has 132 valence electrons. The Balaban J connectivity index is 1.71. The van der Waals surface area contributed by atoms with Crippen molar-refractivity contribution in [2.75, 3.05) is 11.9 Å². The monoisotopic (exact) mass is 358 g/mol. The molecule has 0 bridgehead atoms. The predicted octanol–water partition coefficient (Wildman–Crippen LogP) is 3.05. The summed E-state index contributed by atoms with van der Waals surface area (Å²) < 4.78 is 26.7. The van der Waals surface area contributed by atoms with E-state index in [0.29, 0.717) is 12.2 Å². The van der Waals surface area contributed by atoms with Crippen molar-refractivity contribution in [3.8, 4) is 0 Å².